The van der Waals surface area contributed by atoms with Crippen molar-refractivity contribution in [2.45, 2.75) is 12.8 Å². The molecule has 0 spiro atoms. The molecule has 2 N–H and O–H groups in total. The number of anilines is 1. The van der Waals surface area contributed by atoms with Gasteiger partial charge in [0, 0.05) is 33.0 Å². The van der Waals surface area contributed by atoms with Crippen LogP contribution in [0.5, 0.6) is 5.75 Å². The summed E-state index contributed by atoms with van der Waals surface area (Å²) < 4.78 is 10.1. The van der Waals surface area contributed by atoms with Crippen LogP contribution in [0.2, 0.25) is 0 Å². The summed E-state index contributed by atoms with van der Waals surface area (Å²) in [7, 11) is 3.30. The van der Waals surface area contributed by atoms with Crippen LogP contribution in [0.3, 0.4) is 0 Å². The van der Waals surface area contributed by atoms with E-state index < -0.39 is 0 Å². The van der Waals surface area contributed by atoms with E-state index in [4.69, 9.17) is 9.47 Å². The first-order valence-corrected chi connectivity index (χ1v) is 8.33. The lowest BCUT2D eigenvalue weighted by Crippen LogP contribution is -2.25. The molecule has 0 saturated carbocycles. The molecule has 1 heterocycles. The number of pyridine rings is 1. The zero-order valence-corrected chi connectivity index (χ0v) is 14.7. The third-order valence-electron chi connectivity index (χ3n) is 3.72. The van der Waals surface area contributed by atoms with E-state index in [0.29, 0.717) is 18.7 Å². The topological polar surface area (TPSA) is 72.5 Å². The Morgan fingerprint density at radius 2 is 1.88 bits per heavy atom. The second kappa shape index (κ2) is 10.3. The lowest BCUT2D eigenvalue weighted by atomic mass is 10.1. The second-order valence-corrected chi connectivity index (χ2v) is 5.56. The molecule has 6 nitrogen and oxygen atoms in total. The van der Waals surface area contributed by atoms with Crippen molar-refractivity contribution in [3.8, 4) is 5.75 Å². The van der Waals surface area contributed by atoms with Gasteiger partial charge < -0.3 is 20.1 Å². The summed E-state index contributed by atoms with van der Waals surface area (Å²) >= 11 is 0. The van der Waals surface area contributed by atoms with E-state index >= 15 is 0 Å². The Morgan fingerprint density at radius 1 is 1.08 bits per heavy atom. The van der Waals surface area contributed by atoms with E-state index in [-0.39, 0.29) is 5.91 Å². The highest BCUT2D eigenvalue weighted by atomic mass is 16.5. The number of hydrogen-bond acceptors (Lipinski definition) is 5. The van der Waals surface area contributed by atoms with Gasteiger partial charge in [0.15, 0.2) is 0 Å². The van der Waals surface area contributed by atoms with Crippen molar-refractivity contribution in [2.75, 3.05) is 39.2 Å². The molecule has 134 valence electrons. The maximum Gasteiger partial charge on any atom is 0.252 e. The monoisotopic (exact) mass is 343 g/mol. The van der Waals surface area contributed by atoms with Gasteiger partial charge in [0.2, 0.25) is 0 Å². The average molecular weight is 343 g/mol. The molecule has 0 bridgehead atoms. The highest BCUT2D eigenvalue weighted by Gasteiger charge is 2.05. The Balaban J connectivity index is 1.74. The number of carbonyl (C=O) groups is 1. The molecule has 0 saturated heterocycles. The quantitative estimate of drug-likeness (QED) is 0.649. The highest BCUT2D eigenvalue weighted by molar-refractivity contribution is 5.94. The largest absolute Gasteiger partial charge is 0.497 e. The van der Waals surface area contributed by atoms with Gasteiger partial charge in [-0.05, 0) is 42.7 Å². The number of rotatable bonds is 10. The van der Waals surface area contributed by atoms with Gasteiger partial charge in [0.05, 0.1) is 12.7 Å². The molecule has 2 aromatic rings. The first-order chi connectivity index (χ1) is 12.2. The molecular formula is C19H25N3O3. The predicted molar refractivity (Wildman–Crippen MR) is 98.3 cm³/mol. The van der Waals surface area contributed by atoms with Crippen molar-refractivity contribution >= 4 is 11.7 Å². The zero-order chi connectivity index (χ0) is 17.9. The van der Waals surface area contributed by atoms with E-state index in [1.54, 1.807) is 26.5 Å². The summed E-state index contributed by atoms with van der Waals surface area (Å²) in [5, 5.41) is 6.09. The maximum absolute atomic E-state index is 11.9. The molecule has 0 unspecified atom stereocenters. The number of ether oxygens (including phenoxy) is 2. The molecular weight excluding hydrogens is 318 g/mol. The van der Waals surface area contributed by atoms with Crippen molar-refractivity contribution in [2.24, 2.45) is 0 Å². The lowest BCUT2D eigenvalue weighted by molar-refractivity contribution is 0.0948. The van der Waals surface area contributed by atoms with Crippen LogP contribution >= 0.6 is 0 Å². The first kappa shape index (κ1) is 18.7. The normalized spacial score (nSPS) is 10.3. The van der Waals surface area contributed by atoms with Crippen LogP contribution in [-0.4, -0.2) is 44.8 Å². The summed E-state index contributed by atoms with van der Waals surface area (Å²) in [6.45, 7) is 1.99. The minimum Gasteiger partial charge on any atom is -0.497 e. The zero-order valence-electron chi connectivity index (χ0n) is 14.7. The summed E-state index contributed by atoms with van der Waals surface area (Å²) in [4.78, 5) is 16.2. The van der Waals surface area contributed by atoms with Crippen LogP contribution in [-0.2, 0) is 11.2 Å². The van der Waals surface area contributed by atoms with Crippen molar-refractivity contribution < 1.29 is 14.3 Å². The maximum atomic E-state index is 11.9. The average Bonchev–Trinajstić information content (AvgIpc) is 2.66. The van der Waals surface area contributed by atoms with E-state index in [2.05, 4.69) is 15.6 Å². The fraction of sp³-hybridized carbons (Fsp3) is 0.368. The van der Waals surface area contributed by atoms with Crippen LogP contribution in [0.4, 0.5) is 5.82 Å². The molecule has 2 rings (SSSR count). The summed E-state index contributed by atoms with van der Waals surface area (Å²) in [6.07, 6.45) is 3.26. The van der Waals surface area contributed by atoms with Gasteiger partial charge in [-0.2, -0.15) is 0 Å². The summed E-state index contributed by atoms with van der Waals surface area (Å²) in [6, 6.07) is 11.6. The fourth-order valence-corrected chi connectivity index (χ4v) is 2.28. The van der Waals surface area contributed by atoms with Gasteiger partial charge in [-0.15, -0.1) is 0 Å². The van der Waals surface area contributed by atoms with Gasteiger partial charge >= 0.3 is 0 Å². The predicted octanol–water partition coefficient (Wildman–Crippen LogP) is 2.51. The van der Waals surface area contributed by atoms with Crippen molar-refractivity contribution in [3.63, 3.8) is 0 Å². The Hall–Kier alpha value is -2.60. The number of carbonyl (C=O) groups excluding carboxylic acids is 1. The number of hydrogen-bond donors (Lipinski definition) is 2. The molecule has 1 aromatic carbocycles. The summed E-state index contributed by atoms with van der Waals surface area (Å²) in [5.41, 5.74) is 1.78. The third-order valence-corrected chi connectivity index (χ3v) is 3.72. The highest BCUT2D eigenvalue weighted by Crippen LogP contribution is 2.12. The van der Waals surface area contributed by atoms with Gasteiger partial charge in [0.25, 0.3) is 5.91 Å². The van der Waals surface area contributed by atoms with Gasteiger partial charge in [0.1, 0.15) is 11.6 Å². The van der Waals surface area contributed by atoms with Gasteiger partial charge in [-0.1, -0.05) is 12.1 Å². The van der Waals surface area contributed by atoms with E-state index in [0.717, 1.165) is 31.0 Å². The number of aromatic nitrogens is 1. The van der Waals surface area contributed by atoms with Crippen LogP contribution < -0.4 is 15.4 Å². The van der Waals surface area contributed by atoms with E-state index in [1.807, 2.05) is 30.3 Å². The van der Waals surface area contributed by atoms with Crippen molar-refractivity contribution in [3.05, 3.63) is 53.7 Å². The minimum absolute atomic E-state index is 0.117. The number of benzene rings is 1. The molecule has 0 atom stereocenters. The number of nitrogens with zero attached hydrogens (tertiary/aromatic N) is 1. The molecule has 0 fully saturated rings. The SMILES string of the molecule is COCCCNC(=O)c1ccc(NCCc2ccc(OC)cc2)nc1. The standard InChI is InChI=1S/C19H25N3O3/c1-24-13-3-11-21-19(23)16-6-9-18(22-14-16)20-12-10-15-4-7-17(25-2)8-5-15/h4-9,14H,3,10-13H2,1-2H3,(H,20,22)(H,21,23). The smallest absolute Gasteiger partial charge is 0.252 e. The molecule has 0 radical (unpaired) electrons. The molecule has 25 heavy (non-hydrogen) atoms. The first-order valence-electron chi connectivity index (χ1n) is 8.33. The Labute approximate surface area is 148 Å². The summed E-state index contributed by atoms with van der Waals surface area (Å²) in [5.74, 6) is 1.49. The van der Waals surface area contributed by atoms with Crippen LogP contribution in [0.1, 0.15) is 22.3 Å². The Bertz CT molecular complexity index is 642. The molecule has 0 aliphatic heterocycles. The van der Waals surface area contributed by atoms with Gasteiger partial charge in [-0.25, -0.2) is 4.98 Å². The molecule has 0 aliphatic carbocycles. The van der Waals surface area contributed by atoms with E-state index in [9.17, 15) is 4.79 Å². The second-order valence-electron chi connectivity index (χ2n) is 5.56. The van der Waals surface area contributed by atoms with Crippen LogP contribution in [0, 0.1) is 0 Å². The van der Waals surface area contributed by atoms with Crippen LogP contribution in [0.15, 0.2) is 42.6 Å². The van der Waals surface area contributed by atoms with Crippen molar-refractivity contribution in [1.29, 1.82) is 0 Å². The van der Waals surface area contributed by atoms with E-state index in [1.165, 1.54) is 5.56 Å². The molecule has 1 aromatic heterocycles. The van der Waals surface area contributed by atoms with Crippen molar-refractivity contribution in [1.82, 2.24) is 10.3 Å². The minimum atomic E-state index is -0.117. The number of methoxy groups -OCH3 is 2. The Morgan fingerprint density at radius 3 is 2.52 bits per heavy atom. The molecule has 6 heteroatoms. The third kappa shape index (κ3) is 6.43. The molecule has 1 amide bonds. The number of amides is 1. The number of nitrogens with one attached hydrogen (secondary N) is 2. The van der Waals surface area contributed by atoms with Gasteiger partial charge in [-0.3, -0.25) is 4.79 Å². The Kier molecular flexibility index (Phi) is 7.72. The molecule has 0 aliphatic rings. The van der Waals surface area contributed by atoms with Crippen LogP contribution in [0.25, 0.3) is 0 Å². The fourth-order valence-electron chi connectivity index (χ4n) is 2.28. The lowest BCUT2D eigenvalue weighted by Gasteiger charge is -2.08.